The number of carboxylic acids is 1. The lowest BCUT2D eigenvalue weighted by Gasteiger charge is -2.33. The predicted octanol–water partition coefficient (Wildman–Crippen LogP) is 3.70. The smallest absolute Gasteiger partial charge is 0.320 e. The molecule has 3 rings (SSSR count). The van der Waals surface area contributed by atoms with Crippen LogP contribution in [0, 0.1) is 11.7 Å². The molecule has 1 saturated carbocycles. The van der Waals surface area contributed by atoms with E-state index < -0.39 is 12.0 Å². The number of aliphatic carboxylic acids is 1. The van der Waals surface area contributed by atoms with Crippen molar-refractivity contribution in [3.8, 4) is 0 Å². The zero-order valence-electron chi connectivity index (χ0n) is 11.8. The van der Waals surface area contributed by atoms with Gasteiger partial charge in [0.2, 0.25) is 0 Å². The maximum Gasteiger partial charge on any atom is 0.320 e. The third-order valence-electron chi connectivity index (χ3n) is 4.87. The van der Waals surface area contributed by atoms with Crippen LogP contribution in [0.15, 0.2) is 18.2 Å². The topological polar surface area (TPSA) is 40.5 Å². The summed E-state index contributed by atoms with van der Waals surface area (Å²) in [6.45, 7) is 0.483. The first-order valence-electron chi connectivity index (χ1n) is 7.48. The lowest BCUT2D eigenvalue weighted by atomic mass is 9.84. The number of nitrogens with zero attached hydrogens (tertiary/aromatic N) is 1. The molecule has 1 saturated heterocycles. The number of benzene rings is 1. The summed E-state index contributed by atoms with van der Waals surface area (Å²) < 4.78 is 13.1. The van der Waals surface area contributed by atoms with Gasteiger partial charge in [0.1, 0.15) is 11.9 Å². The van der Waals surface area contributed by atoms with Crippen molar-refractivity contribution in [2.45, 2.75) is 50.7 Å². The van der Waals surface area contributed by atoms with Crippen LogP contribution in [0.2, 0.25) is 5.02 Å². The third kappa shape index (κ3) is 2.92. The van der Waals surface area contributed by atoms with Crippen molar-refractivity contribution in [1.82, 2.24) is 4.90 Å². The van der Waals surface area contributed by atoms with Crippen LogP contribution < -0.4 is 0 Å². The third-order valence-corrected chi connectivity index (χ3v) is 5.23. The molecule has 1 aliphatic heterocycles. The summed E-state index contributed by atoms with van der Waals surface area (Å²) in [7, 11) is 0. The first-order valence-corrected chi connectivity index (χ1v) is 7.86. The minimum Gasteiger partial charge on any atom is -0.480 e. The highest BCUT2D eigenvalue weighted by Gasteiger charge is 2.45. The molecule has 1 aromatic rings. The Hall–Kier alpha value is -1.13. The highest BCUT2D eigenvalue weighted by molar-refractivity contribution is 6.31. The number of carbonyl (C=O) groups is 1. The molecule has 0 spiro atoms. The van der Waals surface area contributed by atoms with Crippen molar-refractivity contribution in [3.63, 3.8) is 0 Å². The van der Waals surface area contributed by atoms with E-state index in [1.54, 1.807) is 6.07 Å². The highest BCUT2D eigenvalue weighted by Crippen LogP contribution is 2.41. The Morgan fingerprint density at radius 1 is 1.38 bits per heavy atom. The molecule has 5 heteroatoms. The summed E-state index contributed by atoms with van der Waals surface area (Å²) in [6, 6.07) is 4.21. The molecule has 2 fully saturated rings. The van der Waals surface area contributed by atoms with Gasteiger partial charge >= 0.3 is 5.97 Å². The van der Waals surface area contributed by atoms with Crippen molar-refractivity contribution >= 4 is 17.6 Å². The van der Waals surface area contributed by atoms with E-state index in [0.29, 0.717) is 23.5 Å². The normalized spacial score (nSPS) is 29.3. The van der Waals surface area contributed by atoms with Crippen molar-refractivity contribution in [2.75, 3.05) is 0 Å². The molecular weight excluding hydrogens is 293 g/mol. The van der Waals surface area contributed by atoms with Crippen molar-refractivity contribution in [1.29, 1.82) is 0 Å². The summed E-state index contributed by atoms with van der Waals surface area (Å²) in [5.74, 6) is -0.655. The molecule has 3 nitrogen and oxygen atoms in total. The van der Waals surface area contributed by atoms with Crippen LogP contribution >= 0.6 is 11.6 Å². The number of halogens is 2. The average Bonchev–Trinajstić information content (AvgIpc) is 2.81. The van der Waals surface area contributed by atoms with Crippen LogP contribution in [0.4, 0.5) is 4.39 Å². The zero-order chi connectivity index (χ0) is 15.0. The molecule has 21 heavy (non-hydrogen) atoms. The van der Waals surface area contributed by atoms with E-state index in [9.17, 15) is 14.3 Å². The minimum absolute atomic E-state index is 0.320. The second-order valence-corrected chi connectivity index (χ2v) is 6.52. The SMILES string of the molecule is O=C(O)[C@@H]1C[C@@H]2CCCC[C@@H]2N1Cc1ccc(F)cc1Cl. The summed E-state index contributed by atoms with van der Waals surface area (Å²) in [6.07, 6.45) is 5.23. The molecule has 0 bridgehead atoms. The van der Waals surface area contributed by atoms with E-state index in [1.807, 2.05) is 0 Å². The average molecular weight is 312 g/mol. The lowest BCUT2D eigenvalue weighted by Crippen LogP contribution is -2.41. The van der Waals surface area contributed by atoms with Gasteiger partial charge in [0.25, 0.3) is 0 Å². The molecule has 1 heterocycles. The van der Waals surface area contributed by atoms with Crippen LogP contribution in [-0.2, 0) is 11.3 Å². The maximum absolute atomic E-state index is 13.1. The quantitative estimate of drug-likeness (QED) is 0.925. The number of fused-ring (bicyclic) bond motifs is 1. The zero-order valence-corrected chi connectivity index (χ0v) is 12.5. The van der Waals surface area contributed by atoms with Crippen LogP contribution in [0.25, 0.3) is 0 Å². The second kappa shape index (κ2) is 5.93. The minimum atomic E-state index is -0.761. The van der Waals surface area contributed by atoms with Crippen LogP contribution in [-0.4, -0.2) is 28.1 Å². The molecule has 3 atom stereocenters. The maximum atomic E-state index is 13.1. The Labute approximate surface area is 128 Å². The fraction of sp³-hybridized carbons (Fsp3) is 0.562. The van der Waals surface area contributed by atoms with E-state index >= 15 is 0 Å². The molecule has 0 unspecified atom stereocenters. The standard InChI is InChI=1S/C16H19ClFNO2/c17-13-8-12(18)6-5-11(13)9-19-14-4-2-1-3-10(14)7-15(19)16(20)21/h5-6,8,10,14-15H,1-4,7,9H2,(H,20,21)/t10-,14-,15-/m0/s1. The van der Waals surface area contributed by atoms with Gasteiger partial charge < -0.3 is 5.11 Å². The molecular formula is C16H19ClFNO2. The first-order chi connectivity index (χ1) is 10.1. The van der Waals surface area contributed by atoms with Gasteiger partial charge in [-0.1, -0.05) is 30.5 Å². The number of rotatable bonds is 3. The Morgan fingerprint density at radius 2 is 2.14 bits per heavy atom. The Morgan fingerprint density at radius 3 is 2.86 bits per heavy atom. The molecule has 1 aliphatic carbocycles. The molecule has 0 amide bonds. The largest absolute Gasteiger partial charge is 0.480 e. The Kier molecular flexibility index (Phi) is 4.18. The van der Waals surface area contributed by atoms with Crippen molar-refractivity contribution in [2.24, 2.45) is 5.92 Å². The van der Waals surface area contributed by atoms with Gasteiger partial charge in [-0.15, -0.1) is 0 Å². The van der Waals surface area contributed by atoms with Crippen LogP contribution in [0.5, 0.6) is 0 Å². The highest BCUT2D eigenvalue weighted by atomic mass is 35.5. The lowest BCUT2D eigenvalue weighted by molar-refractivity contribution is -0.142. The number of hydrogen-bond acceptors (Lipinski definition) is 2. The number of likely N-dealkylation sites (tertiary alicyclic amines) is 1. The van der Waals surface area contributed by atoms with Crippen molar-refractivity contribution in [3.05, 3.63) is 34.6 Å². The van der Waals surface area contributed by atoms with Gasteiger partial charge in [0.05, 0.1) is 0 Å². The first kappa shape index (κ1) is 14.8. The predicted molar refractivity (Wildman–Crippen MR) is 78.7 cm³/mol. The summed E-state index contributed by atoms with van der Waals surface area (Å²) in [5, 5.41) is 9.86. The van der Waals surface area contributed by atoms with Crippen LogP contribution in [0.1, 0.15) is 37.7 Å². The summed E-state index contributed by atoms with van der Waals surface area (Å²) in [4.78, 5) is 13.6. The van der Waals surface area contributed by atoms with Gasteiger partial charge in [0.15, 0.2) is 0 Å². The van der Waals surface area contributed by atoms with Gasteiger partial charge in [-0.05, 0) is 42.9 Å². The molecule has 0 radical (unpaired) electrons. The molecule has 1 aromatic carbocycles. The fourth-order valence-corrected chi connectivity index (χ4v) is 4.10. The van der Waals surface area contributed by atoms with Crippen LogP contribution in [0.3, 0.4) is 0 Å². The van der Waals surface area contributed by atoms with Gasteiger partial charge in [0, 0.05) is 17.6 Å². The Balaban J connectivity index is 1.84. The van der Waals surface area contributed by atoms with E-state index in [1.165, 1.54) is 18.6 Å². The number of hydrogen-bond donors (Lipinski definition) is 1. The molecule has 114 valence electrons. The van der Waals surface area contributed by atoms with Crippen molar-refractivity contribution < 1.29 is 14.3 Å². The number of carboxylic acid groups (broad SMARTS) is 1. The van der Waals surface area contributed by atoms with E-state index in [4.69, 9.17) is 11.6 Å². The van der Waals surface area contributed by atoms with E-state index in [2.05, 4.69) is 4.90 Å². The van der Waals surface area contributed by atoms with E-state index in [0.717, 1.165) is 31.2 Å². The molecule has 1 N–H and O–H groups in total. The fourth-order valence-electron chi connectivity index (χ4n) is 3.87. The van der Waals surface area contributed by atoms with Gasteiger partial charge in [-0.2, -0.15) is 0 Å². The summed E-state index contributed by atoms with van der Waals surface area (Å²) in [5.41, 5.74) is 0.801. The van der Waals surface area contributed by atoms with Gasteiger partial charge in [-0.25, -0.2) is 4.39 Å². The second-order valence-electron chi connectivity index (χ2n) is 6.11. The molecule has 0 aromatic heterocycles. The molecule has 2 aliphatic rings. The Bertz CT molecular complexity index is 551. The van der Waals surface area contributed by atoms with Gasteiger partial charge in [-0.3, -0.25) is 9.69 Å². The van der Waals surface area contributed by atoms with E-state index in [-0.39, 0.29) is 5.82 Å². The summed E-state index contributed by atoms with van der Waals surface area (Å²) >= 11 is 6.10. The monoisotopic (exact) mass is 311 g/mol.